The maximum atomic E-state index is 12.7. The summed E-state index contributed by atoms with van der Waals surface area (Å²) in [6.07, 6.45) is 1.94. The second-order valence-corrected chi connectivity index (χ2v) is 6.42. The molecule has 27 heavy (non-hydrogen) atoms. The second kappa shape index (κ2) is 8.35. The fraction of sp³-hybridized carbons (Fsp3) is 0.300. The number of hydrogen-bond donors (Lipinski definition) is 0. The Morgan fingerprint density at radius 1 is 1.11 bits per heavy atom. The van der Waals surface area contributed by atoms with Crippen LogP contribution in [0, 0.1) is 0 Å². The van der Waals surface area contributed by atoms with Crippen LogP contribution in [0.25, 0.3) is 6.08 Å². The van der Waals surface area contributed by atoms with E-state index < -0.39 is 11.7 Å². The van der Waals surface area contributed by atoms with E-state index in [1.54, 1.807) is 17.2 Å². The van der Waals surface area contributed by atoms with Gasteiger partial charge in [0.25, 0.3) is 0 Å². The van der Waals surface area contributed by atoms with Crippen LogP contribution in [-0.4, -0.2) is 46.9 Å². The standard InChI is InChI=1S/C20H20F3N3O/c21-20(22,23)18-5-1-3-16(13-18)6-7-19(27)26-11-9-25(10-12-26)15-17-4-2-8-24-14-17/h1-8,13-14H,9-12,15H2/b7-6+. The number of alkyl halides is 3. The number of rotatable bonds is 4. The normalized spacial score (nSPS) is 16.0. The smallest absolute Gasteiger partial charge is 0.337 e. The van der Waals surface area contributed by atoms with Crippen LogP contribution >= 0.6 is 0 Å². The molecule has 7 heteroatoms. The van der Waals surface area contributed by atoms with Crippen LogP contribution in [-0.2, 0) is 17.5 Å². The molecule has 0 spiro atoms. The molecule has 3 rings (SSSR count). The highest BCUT2D eigenvalue weighted by atomic mass is 19.4. The van der Waals surface area contributed by atoms with Crippen molar-refractivity contribution in [3.63, 3.8) is 0 Å². The van der Waals surface area contributed by atoms with Crippen LogP contribution in [0.1, 0.15) is 16.7 Å². The summed E-state index contributed by atoms with van der Waals surface area (Å²) >= 11 is 0. The van der Waals surface area contributed by atoms with Gasteiger partial charge in [0.1, 0.15) is 0 Å². The predicted molar refractivity (Wildman–Crippen MR) is 96.6 cm³/mol. The molecule has 1 aliphatic heterocycles. The summed E-state index contributed by atoms with van der Waals surface area (Å²) in [6, 6.07) is 8.85. The molecule has 0 atom stereocenters. The summed E-state index contributed by atoms with van der Waals surface area (Å²) in [5, 5.41) is 0. The number of benzene rings is 1. The first-order valence-electron chi connectivity index (χ1n) is 8.67. The van der Waals surface area contributed by atoms with Gasteiger partial charge in [0, 0.05) is 51.2 Å². The van der Waals surface area contributed by atoms with Crippen LogP contribution in [0.5, 0.6) is 0 Å². The van der Waals surface area contributed by atoms with Gasteiger partial charge in [-0.2, -0.15) is 13.2 Å². The minimum absolute atomic E-state index is 0.187. The van der Waals surface area contributed by atoms with Gasteiger partial charge in [-0.15, -0.1) is 0 Å². The molecular formula is C20H20F3N3O. The fourth-order valence-electron chi connectivity index (χ4n) is 2.97. The van der Waals surface area contributed by atoms with E-state index in [4.69, 9.17) is 0 Å². The van der Waals surface area contributed by atoms with E-state index >= 15 is 0 Å². The Morgan fingerprint density at radius 3 is 2.56 bits per heavy atom. The zero-order valence-corrected chi connectivity index (χ0v) is 14.7. The third-order valence-electron chi connectivity index (χ3n) is 4.45. The lowest BCUT2D eigenvalue weighted by molar-refractivity contribution is -0.137. The van der Waals surface area contributed by atoms with Crippen LogP contribution < -0.4 is 0 Å². The molecule has 0 radical (unpaired) electrons. The Morgan fingerprint density at radius 2 is 1.89 bits per heavy atom. The first kappa shape index (κ1) is 19.1. The van der Waals surface area contributed by atoms with Crippen LogP contribution in [0.15, 0.2) is 54.9 Å². The number of carbonyl (C=O) groups is 1. The molecule has 1 aromatic heterocycles. The van der Waals surface area contributed by atoms with Crippen molar-refractivity contribution in [2.75, 3.05) is 26.2 Å². The molecule has 0 unspecified atom stereocenters. The van der Waals surface area contributed by atoms with Crippen molar-refractivity contribution < 1.29 is 18.0 Å². The fourth-order valence-corrected chi connectivity index (χ4v) is 2.97. The molecule has 1 saturated heterocycles. The van der Waals surface area contributed by atoms with Crippen molar-refractivity contribution in [3.05, 3.63) is 71.6 Å². The molecule has 0 aliphatic carbocycles. The predicted octanol–water partition coefficient (Wildman–Crippen LogP) is 3.46. The van der Waals surface area contributed by atoms with Crippen molar-refractivity contribution in [2.24, 2.45) is 0 Å². The van der Waals surface area contributed by atoms with E-state index in [9.17, 15) is 18.0 Å². The summed E-state index contributed by atoms with van der Waals surface area (Å²) in [5.74, 6) is -0.187. The van der Waals surface area contributed by atoms with Crippen molar-refractivity contribution in [3.8, 4) is 0 Å². The average Bonchev–Trinajstić information content (AvgIpc) is 2.67. The molecule has 142 valence electrons. The third-order valence-corrected chi connectivity index (χ3v) is 4.45. The first-order valence-corrected chi connectivity index (χ1v) is 8.67. The van der Waals surface area contributed by atoms with Crippen molar-refractivity contribution in [1.29, 1.82) is 0 Å². The summed E-state index contributed by atoms with van der Waals surface area (Å²) in [4.78, 5) is 20.4. The quantitative estimate of drug-likeness (QED) is 0.768. The van der Waals surface area contributed by atoms with Gasteiger partial charge in [-0.3, -0.25) is 14.7 Å². The van der Waals surface area contributed by atoms with Crippen molar-refractivity contribution >= 4 is 12.0 Å². The molecule has 0 N–H and O–H groups in total. The molecule has 2 aromatic rings. The van der Waals surface area contributed by atoms with E-state index in [-0.39, 0.29) is 5.91 Å². The van der Waals surface area contributed by atoms with Gasteiger partial charge < -0.3 is 4.90 Å². The number of carbonyl (C=O) groups excluding carboxylic acids is 1. The summed E-state index contributed by atoms with van der Waals surface area (Å²) in [7, 11) is 0. The Hall–Kier alpha value is -2.67. The van der Waals surface area contributed by atoms with E-state index in [0.717, 1.165) is 37.3 Å². The lowest BCUT2D eigenvalue weighted by Crippen LogP contribution is -2.47. The molecule has 0 bridgehead atoms. The highest BCUT2D eigenvalue weighted by Crippen LogP contribution is 2.29. The van der Waals surface area contributed by atoms with Gasteiger partial charge in [-0.1, -0.05) is 18.2 Å². The first-order chi connectivity index (χ1) is 12.9. The Kier molecular flexibility index (Phi) is 5.91. The Labute approximate surface area is 155 Å². The molecule has 0 saturated carbocycles. The Balaban J connectivity index is 1.53. The van der Waals surface area contributed by atoms with Gasteiger partial charge in [-0.05, 0) is 35.4 Å². The number of aromatic nitrogens is 1. The second-order valence-electron chi connectivity index (χ2n) is 6.42. The minimum Gasteiger partial charge on any atom is -0.337 e. The van der Waals surface area contributed by atoms with E-state index in [0.29, 0.717) is 18.7 Å². The molecule has 1 fully saturated rings. The van der Waals surface area contributed by atoms with Crippen LogP contribution in [0.4, 0.5) is 13.2 Å². The topological polar surface area (TPSA) is 36.4 Å². The number of hydrogen-bond acceptors (Lipinski definition) is 3. The number of piperazine rings is 1. The maximum Gasteiger partial charge on any atom is 0.416 e. The zero-order valence-electron chi connectivity index (χ0n) is 14.7. The molecule has 1 amide bonds. The average molecular weight is 375 g/mol. The molecular weight excluding hydrogens is 355 g/mol. The summed E-state index contributed by atoms with van der Waals surface area (Å²) < 4.78 is 38.2. The Bertz CT molecular complexity index is 798. The highest BCUT2D eigenvalue weighted by Gasteiger charge is 2.30. The summed E-state index contributed by atoms with van der Waals surface area (Å²) in [6.45, 7) is 3.46. The van der Waals surface area contributed by atoms with Gasteiger partial charge in [0.05, 0.1) is 5.56 Å². The van der Waals surface area contributed by atoms with Gasteiger partial charge >= 0.3 is 6.18 Å². The molecule has 1 aliphatic rings. The lowest BCUT2D eigenvalue weighted by atomic mass is 10.1. The summed E-state index contributed by atoms with van der Waals surface area (Å²) in [5.41, 5.74) is 0.760. The maximum absolute atomic E-state index is 12.7. The van der Waals surface area contributed by atoms with Crippen molar-refractivity contribution in [2.45, 2.75) is 12.7 Å². The molecule has 1 aromatic carbocycles. The SMILES string of the molecule is O=C(/C=C/c1cccc(C(F)(F)F)c1)N1CCN(Cc2cccnc2)CC1. The minimum atomic E-state index is -4.39. The van der Waals surface area contributed by atoms with Crippen molar-refractivity contribution in [1.82, 2.24) is 14.8 Å². The zero-order chi connectivity index (χ0) is 19.3. The van der Waals surface area contributed by atoms with E-state index in [1.807, 2.05) is 18.3 Å². The molecule has 4 nitrogen and oxygen atoms in total. The number of nitrogens with zero attached hydrogens (tertiary/aromatic N) is 3. The largest absolute Gasteiger partial charge is 0.416 e. The van der Waals surface area contributed by atoms with E-state index in [1.165, 1.54) is 18.2 Å². The van der Waals surface area contributed by atoms with E-state index in [2.05, 4.69) is 9.88 Å². The number of amides is 1. The highest BCUT2D eigenvalue weighted by molar-refractivity contribution is 5.91. The molecule has 2 heterocycles. The van der Waals surface area contributed by atoms with Crippen LogP contribution in [0.2, 0.25) is 0 Å². The lowest BCUT2D eigenvalue weighted by Gasteiger charge is -2.34. The monoisotopic (exact) mass is 375 g/mol. The third kappa shape index (κ3) is 5.40. The number of halogens is 3. The number of pyridine rings is 1. The van der Waals surface area contributed by atoms with Crippen LogP contribution in [0.3, 0.4) is 0 Å². The van der Waals surface area contributed by atoms with Gasteiger partial charge in [0.2, 0.25) is 5.91 Å². The van der Waals surface area contributed by atoms with Gasteiger partial charge in [-0.25, -0.2) is 0 Å². The van der Waals surface area contributed by atoms with Gasteiger partial charge in [0.15, 0.2) is 0 Å².